The number of hydrogen-bond donors (Lipinski definition) is 2. The molecule has 0 radical (unpaired) electrons. The number of halogens is 1. The second kappa shape index (κ2) is 28.4. The summed E-state index contributed by atoms with van der Waals surface area (Å²) in [5, 5.41) is 13.0. The van der Waals surface area contributed by atoms with E-state index in [0.29, 0.717) is 25.2 Å². The van der Waals surface area contributed by atoms with Crippen LogP contribution in [0.4, 0.5) is 0 Å². The second-order valence-electron chi connectivity index (χ2n) is 16.7. The van der Waals surface area contributed by atoms with Gasteiger partial charge in [0.2, 0.25) is 0 Å². The SMILES string of the molecule is CCC1CCC(Oc2ccc(C3=CCN(CCCCC(=O)O)CC3)cc2)CC1.CCC1CCC(Oc2ccc(C3=CCNCC3)cc2)CC1.CCOC(=O)CCCCBr. The lowest BCUT2D eigenvalue weighted by molar-refractivity contribution is -0.143. The molecule has 2 heterocycles. The first-order chi connectivity index (χ1) is 28.8. The number of carbonyl (C=O) groups is 2. The number of ether oxygens (including phenoxy) is 3. The fourth-order valence-electron chi connectivity index (χ4n) is 8.47. The van der Waals surface area contributed by atoms with Crippen LogP contribution in [0.15, 0.2) is 60.7 Å². The third kappa shape index (κ3) is 19.0. The van der Waals surface area contributed by atoms with E-state index >= 15 is 0 Å². The molecule has 0 spiro atoms. The summed E-state index contributed by atoms with van der Waals surface area (Å²) in [5.74, 6) is 3.09. The molecule has 0 atom stereocenters. The van der Waals surface area contributed by atoms with Crippen molar-refractivity contribution in [3.63, 3.8) is 0 Å². The molecule has 4 aliphatic rings. The zero-order valence-electron chi connectivity index (χ0n) is 36.6. The first-order valence-electron chi connectivity index (χ1n) is 23.1. The van der Waals surface area contributed by atoms with Gasteiger partial charge in [-0.25, -0.2) is 0 Å². The molecule has 2 aromatic rings. The summed E-state index contributed by atoms with van der Waals surface area (Å²) >= 11 is 3.29. The number of nitrogens with zero attached hydrogens (tertiary/aromatic N) is 1. The van der Waals surface area contributed by atoms with Gasteiger partial charge in [-0.15, -0.1) is 0 Å². The van der Waals surface area contributed by atoms with Gasteiger partial charge in [0, 0.05) is 37.8 Å². The van der Waals surface area contributed by atoms with Gasteiger partial charge in [-0.1, -0.05) is 79.0 Å². The largest absolute Gasteiger partial charge is 0.490 e. The molecule has 2 aliphatic carbocycles. The van der Waals surface area contributed by atoms with Crippen molar-refractivity contribution >= 4 is 39.0 Å². The van der Waals surface area contributed by atoms with Crippen LogP contribution in [0.3, 0.4) is 0 Å². The van der Waals surface area contributed by atoms with Crippen LogP contribution in [-0.2, 0) is 14.3 Å². The van der Waals surface area contributed by atoms with Crippen molar-refractivity contribution in [2.75, 3.05) is 44.7 Å². The predicted octanol–water partition coefficient (Wildman–Crippen LogP) is 11.9. The van der Waals surface area contributed by atoms with E-state index in [-0.39, 0.29) is 12.4 Å². The van der Waals surface area contributed by atoms with Crippen LogP contribution >= 0.6 is 15.9 Å². The molecule has 2 aromatic carbocycles. The van der Waals surface area contributed by atoms with Gasteiger partial charge < -0.3 is 24.6 Å². The summed E-state index contributed by atoms with van der Waals surface area (Å²) in [4.78, 5) is 23.7. The smallest absolute Gasteiger partial charge is 0.305 e. The minimum atomic E-state index is -0.693. The second-order valence-corrected chi connectivity index (χ2v) is 17.4. The standard InChI is InChI=1S/C24H35NO3.C19H27NO.C7H13BrO2/c1-2-19-6-10-22(11-7-19)28-23-12-8-20(9-13-23)21-14-17-25(18-15-21)16-4-3-5-24(26)27;1-2-15-3-7-18(8-4-15)21-19-9-5-16(6-10-19)17-11-13-20-14-12-17;1-2-10-7(9)5-3-4-6-8/h8-9,12-14,19,22H,2-7,10-11,15-18H2,1H3,(H,26,27);5-6,9-11,15,18,20H,2-4,7-8,12-14H2,1H3;2-6H2,1H3. The van der Waals surface area contributed by atoms with Crippen molar-refractivity contribution < 1.29 is 28.9 Å². The van der Waals surface area contributed by atoms with E-state index in [1.165, 1.54) is 86.5 Å². The number of esters is 1. The van der Waals surface area contributed by atoms with Gasteiger partial charge in [0.1, 0.15) is 11.5 Å². The number of carboxylic acid groups (broad SMARTS) is 1. The van der Waals surface area contributed by atoms with Crippen molar-refractivity contribution in [1.82, 2.24) is 10.2 Å². The quantitative estimate of drug-likeness (QED) is 0.0868. The Bertz CT molecular complexity index is 1530. The van der Waals surface area contributed by atoms with Gasteiger partial charge in [0.15, 0.2) is 0 Å². The molecule has 59 heavy (non-hydrogen) atoms. The number of rotatable bonds is 18. The molecule has 9 heteroatoms. The van der Waals surface area contributed by atoms with E-state index in [1.807, 2.05) is 6.92 Å². The van der Waals surface area contributed by atoms with Crippen molar-refractivity contribution in [1.29, 1.82) is 0 Å². The summed E-state index contributed by atoms with van der Waals surface area (Å²) in [6.07, 6.45) is 24.9. The maximum Gasteiger partial charge on any atom is 0.305 e. The Kier molecular flexibility index (Phi) is 23.4. The molecule has 8 nitrogen and oxygen atoms in total. The minimum Gasteiger partial charge on any atom is -0.490 e. The Hall–Kier alpha value is -3.14. The van der Waals surface area contributed by atoms with E-state index in [9.17, 15) is 9.59 Å². The number of unbranched alkanes of at least 4 members (excludes halogenated alkanes) is 2. The number of carbonyl (C=O) groups excluding carboxylic acids is 1. The number of benzene rings is 2. The van der Waals surface area contributed by atoms with Crippen LogP contribution in [-0.4, -0.2) is 78.8 Å². The van der Waals surface area contributed by atoms with Crippen LogP contribution in [0, 0.1) is 11.8 Å². The van der Waals surface area contributed by atoms with E-state index in [2.05, 4.69) is 101 Å². The highest BCUT2D eigenvalue weighted by Crippen LogP contribution is 2.32. The number of hydrogen-bond acceptors (Lipinski definition) is 7. The van der Waals surface area contributed by atoms with Gasteiger partial charge >= 0.3 is 11.9 Å². The summed E-state index contributed by atoms with van der Waals surface area (Å²) in [5.41, 5.74) is 5.52. The maximum atomic E-state index is 10.7. The third-order valence-electron chi connectivity index (χ3n) is 12.3. The minimum absolute atomic E-state index is 0.0801. The average molecular weight is 880 g/mol. The zero-order valence-corrected chi connectivity index (χ0v) is 38.2. The van der Waals surface area contributed by atoms with Crippen molar-refractivity contribution in [2.45, 2.75) is 149 Å². The number of aliphatic carboxylic acids is 1. The topological polar surface area (TPSA) is 97.3 Å². The fraction of sp³-hybridized carbons (Fsp3) is 0.640. The average Bonchev–Trinajstić information content (AvgIpc) is 3.27. The van der Waals surface area contributed by atoms with Crippen LogP contribution < -0.4 is 14.8 Å². The lowest BCUT2D eigenvalue weighted by Crippen LogP contribution is -2.29. The maximum absolute atomic E-state index is 10.7. The first-order valence-corrected chi connectivity index (χ1v) is 24.2. The Morgan fingerprint density at radius 3 is 1.69 bits per heavy atom. The summed E-state index contributed by atoms with van der Waals surface area (Å²) < 4.78 is 17.1. The summed E-state index contributed by atoms with van der Waals surface area (Å²) in [7, 11) is 0. The van der Waals surface area contributed by atoms with E-state index < -0.39 is 5.97 Å². The molecule has 2 N–H and O–H groups in total. The molecule has 2 aliphatic heterocycles. The Balaban J connectivity index is 0.000000218. The molecule has 0 amide bonds. The molecular weight excluding hydrogens is 804 g/mol. The van der Waals surface area contributed by atoms with E-state index in [1.54, 1.807) is 0 Å². The lowest BCUT2D eigenvalue weighted by Gasteiger charge is -2.28. The van der Waals surface area contributed by atoms with Crippen LogP contribution in [0.25, 0.3) is 11.1 Å². The predicted molar refractivity (Wildman–Crippen MR) is 246 cm³/mol. The van der Waals surface area contributed by atoms with Crippen molar-refractivity contribution in [3.8, 4) is 11.5 Å². The highest BCUT2D eigenvalue weighted by Gasteiger charge is 2.22. The summed E-state index contributed by atoms with van der Waals surface area (Å²) in [6.45, 7) is 12.0. The third-order valence-corrected chi connectivity index (χ3v) is 12.9. The van der Waals surface area contributed by atoms with E-state index in [0.717, 1.165) is 99.9 Å². The number of alkyl halides is 1. The molecule has 0 aromatic heterocycles. The van der Waals surface area contributed by atoms with Gasteiger partial charge in [0.05, 0.1) is 18.8 Å². The van der Waals surface area contributed by atoms with Crippen LogP contribution in [0.5, 0.6) is 11.5 Å². The molecule has 2 fully saturated rings. The van der Waals surface area contributed by atoms with Crippen molar-refractivity contribution in [3.05, 3.63) is 71.8 Å². The number of carboxylic acids is 1. The van der Waals surface area contributed by atoms with E-state index in [4.69, 9.17) is 19.3 Å². The Morgan fingerprint density at radius 1 is 0.712 bits per heavy atom. The van der Waals surface area contributed by atoms with Crippen LogP contribution in [0.2, 0.25) is 0 Å². The fourth-order valence-corrected chi connectivity index (χ4v) is 8.86. The van der Waals surface area contributed by atoms with Gasteiger partial charge in [-0.2, -0.15) is 0 Å². The van der Waals surface area contributed by atoms with Gasteiger partial charge in [-0.05, 0) is 168 Å². The Morgan fingerprint density at radius 2 is 1.25 bits per heavy atom. The summed E-state index contributed by atoms with van der Waals surface area (Å²) in [6, 6.07) is 17.4. The molecule has 328 valence electrons. The van der Waals surface area contributed by atoms with Gasteiger partial charge in [-0.3, -0.25) is 14.5 Å². The lowest BCUT2D eigenvalue weighted by atomic mass is 9.86. The molecule has 0 saturated heterocycles. The first kappa shape index (κ1) is 48.5. The normalized spacial score (nSPS) is 22.0. The highest BCUT2D eigenvalue weighted by molar-refractivity contribution is 9.09. The molecule has 0 bridgehead atoms. The highest BCUT2D eigenvalue weighted by atomic mass is 79.9. The van der Waals surface area contributed by atoms with Gasteiger partial charge in [0.25, 0.3) is 0 Å². The van der Waals surface area contributed by atoms with Crippen molar-refractivity contribution in [2.24, 2.45) is 11.8 Å². The molecular formula is C50H75BrN2O6. The Labute approximate surface area is 365 Å². The number of nitrogens with one attached hydrogen (secondary N) is 1. The molecule has 2 saturated carbocycles. The van der Waals surface area contributed by atoms with Crippen LogP contribution in [0.1, 0.15) is 147 Å². The molecule has 6 rings (SSSR count). The molecule has 0 unspecified atom stereocenters. The zero-order chi connectivity index (χ0) is 42.1. The monoisotopic (exact) mass is 878 g/mol.